The third kappa shape index (κ3) is 13.5. The van der Waals surface area contributed by atoms with Crippen molar-refractivity contribution in [3.8, 4) is 61.6 Å². The van der Waals surface area contributed by atoms with Crippen LogP contribution in [0.1, 0.15) is 0 Å². The Morgan fingerprint density at radius 3 is 0.697 bits per heavy atom. The third-order valence-electron chi connectivity index (χ3n) is 29.3. The second kappa shape index (κ2) is 33.9. The van der Waals surface area contributed by atoms with Crippen molar-refractivity contribution >= 4 is 228 Å². The molecule has 0 amide bonds. The van der Waals surface area contributed by atoms with Crippen LogP contribution in [-0.2, 0) is 0 Å². The normalized spacial score (nSPS) is 11.8. The Morgan fingerprint density at radius 1 is 0.141 bits per heavy atom. The van der Waals surface area contributed by atoms with Crippen molar-refractivity contribution in [1.82, 2.24) is 33.6 Å². The summed E-state index contributed by atoms with van der Waals surface area (Å²) in [4.78, 5) is 17.7. The van der Waals surface area contributed by atoms with Gasteiger partial charge in [-0.15, -0.1) is 0 Å². The molecule has 0 bridgehead atoms. The predicted octanol–water partition coefficient (Wildman–Crippen LogP) is 35.5. The summed E-state index contributed by atoms with van der Waals surface area (Å²) in [5.74, 6) is 0. The standard InChI is InChI=1S/3C35H22N2.C29H17NSe/c1-2-11-27-26(10-1)32-21-24(16-17-28(32)29-18-19-36-22-33(27)29)23-8-7-9-25(20-23)37-34-14-5-3-12-30(34)31-13-4-6-15-35(31)37;1-2-11-27-26(10-1)29-18-19-36-22-33(29)28-17-16-24(21-32(27)28)23-8-7-9-25(20-23)37-34-14-5-3-12-30(34)31-13-4-6-15-35(31)37;1-2-11-27-26(10-1)28-17-16-24(21-32(28)33-22-36-19-18-29(27)33)23-8-7-9-25(20-23)37-34-14-5-3-12-30(34)31-13-4-6-15-35(31)37;1-2-7-21-20(6-1)22-13-12-18(16-26(22)23-14-15-30-17-27(21)23)19-9-5-10-25-24-8-3-4-11-28(24)31-29(19)25/h3*1-22H;1-17H. The van der Waals surface area contributed by atoms with Crippen LogP contribution in [0.3, 0.4) is 0 Å². The van der Waals surface area contributed by atoms with Crippen LogP contribution in [0.4, 0.5) is 0 Å². The van der Waals surface area contributed by atoms with Crippen molar-refractivity contribution < 1.29 is 0 Å². The van der Waals surface area contributed by atoms with Gasteiger partial charge in [0.1, 0.15) is 0 Å². The van der Waals surface area contributed by atoms with E-state index in [1.807, 2.05) is 49.6 Å². The quantitative estimate of drug-likeness (QED) is 0.118. The summed E-state index contributed by atoms with van der Waals surface area (Å²) in [6.45, 7) is 0. The molecular formula is C134H83N7Se. The number of nitrogens with zero attached hydrogens (tertiary/aromatic N) is 7. The van der Waals surface area contributed by atoms with Crippen LogP contribution in [0.5, 0.6) is 0 Å². The molecule has 0 N–H and O–H groups in total. The van der Waals surface area contributed by atoms with Gasteiger partial charge in [-0.3, -0.25) is 15.0 Å². The number of hydrogen-bond donors (Lipinski definition) is 0. The van der Waals surface area contributed by atoms with Crippen molar-refractivity contribution in [2.75, 3.05) is 0 Å². The fourth-order valence-corrected chi connectivity index (χ4v) is 25.5. The fraction of sp³-hybridized carbons (Fsp3) is 0. The number of benzene rings is 23. The summed E-state index contributed by atoms with van der Waals surface area (Å²) < 4.78 is 10.1. The average Bonchev–Trinajstić information content (AvgIpc) is 1.62. The number of para-hydroxylation sites is 6. The molecule has 0 spiro atoms. The van der Waals surface area contributed by atoms with E-state index >= 15 is 0 Å². The van der Waals surface area contributed by atoms with E-state index in [1.165, 1.54) is 276 Å². The molecule has 660 valence electrons. The number of rotatable bonds is 7. The van der Waals surface area contributed by atoms with Crippen LogP contribution < -0.4 is 0 Å². The van der Waals surface area contributed by atoms with Crippen LogP contribution in [-0.4, -0.2) is 48.1 Å². The van der Waals surface area contributed by atoms with Gasteiger partial charge in [-0.25, -0.2) is 0 Å². The summed E-state index contributed by atoms with van der Waals surface area (Å²) in [5, 5.41) is 40.6. The Balaban J connectivity index is 0.0000000927. The zero-order valence-corrected chi connectivity index (χ0v) is 78.7. The van der Waals surface area contributed by atoms with Gasteiger partial charge in [0.25, 0.3) is 0 Å². The molecule has 142 heavy (non-hydrogen) atoms. The van der Waals surface area contributed by atoms with Crippen molar-refractivity contribution in [1.29, 1.82) is 0 Å². The van der Waals surface area contributed by atoms with E-state index in [0.29, 0.717) is 14.5 Å². The molecule has 0 atom stereocenters. The van der Waals surface area contributed by atoms with Gasteiger partial charge in [0.05, 0.1) is 33.1 Å². The zero-order valence-electron chi connectivity index (χ0n) is 77.0. The van der Waals surface area contributed by atoms with Crippen molar-refractivity contribution in [2.45, 2.75) is 0 Å². The first kappa shape index (κ1) is 82.0. The minimum absolute atomic E-state index is 0.340. The molecule has 0 saturated carbocycles. The molecule has 0 aliphatic carbocycles. The molecule has 0 unspecified atom stereocenters. The second-order valence-electron chi connectivity index (χ2n) is 36.9. The first-order chi connectivity index (χ1) is 70.5. The summed E-state index contributed by atoms with van der Waals surface area (Å²) in [6.07, 6.45) is 15.6. The summed E-state index contributed by atoms with van der Waals surface area (Å²) >= 11 is 0.340. The first-order valence-corrected chi connectivity index (χ1v) is 50.1. The van der Waals surface area contributed by atoms with Crippen molar-refractivity contribution in [3.05, 3.63) is 505 Å². The van der Waals surface area contributed by atoms with Crippen molar-refractivity contribution in [2.24, 2.45) is 0 Å². The van der Waals surface area contributed by atoms with E-state index in [-0.39, 0.29) is 0 Å². The number of hydrogen-bond acceptors (Lipinski definition) is 4. The number of pyridine rings is 4. The van der Waals surface area contributed by atoms with E-state index in [4.69, 9.17) is 0 Å². The van der Waals surface area contributed by atoms with Gasteiger partial charge < -0.3 is 13.7 Å². The van der Waals surface area contributed by atoms with Gasteiger partial charge in [-0.2, -0.15) is 0 Å². The van der Waals surface area contributed by atoms with Gasteiger partial charge in [0.2, 0.25) is 0 Å². The molecule has 31 rings (SSSR count). The minimum atomic E-state index is 0.340. The predicted molar refractivity (Wildman–Crippen MR) is 604 cm³/mol. The van der Waals surface area contributed by atoms with Crippen LogP contribution >= 0.6 is 0 Å². The van der Waals surface area contributed by atoms with Gasteiger partial charge in [-0.1, -0.05) is 255 Å². The molecule has 0 saturated heterocycles. The molecule has 31 aromatic rings. The third-order valence-corrected chi connectivity index (χ3v) is 31.9. The fourth-order valence-electron chi connectivity index (χ4n) is 23.0. The van der Waals surface area contributed by atoms with Gasteiger partial charge in [-0.05, 0) is 223 Å². The number of fused-ring (bicyclic) bond motifs is 36. The Morgan fingerprint density at radius 2 is 0.359 bits per heavy atom. The van der Waals surface area contributed by atoms with Crippen molar-refractivity contribution in [3.63, 3.8) is 0 Å². The topological polar surface area (TPSA) is 66.3 Å². The SMILES string of the molecule is c1cc(-c2ccc3c4ccccc4c4ccncc4c3c2)cc(-n2c3ccccc3c3ccccc32)c1.c1cc(-c2ccc3c4ccncc4c4ccccc4c3c2)cc(-n2c3ccccc3c3ccccc32)c1.c1cc(-c2ccc3c4cnccc4c4ccccc4c3c2)cc(-n2c3ccccc3c3ccccc32)c1.c1ccc2c(c1)[se]c1c(-c3ccc4c5ccccc5c5cnccc5c4c3)cccc12. The molecule has 0 aliphatic rings. The Hall–Kier alpha value is -18.3. The van der Waals surface area contributed by atoms with Gasteiger partial charge in [0.15, 0.2) is 0 Å². The molecule has 23 aromatic carbocycles. The average molecular weight is 1870 g/mol. The maximum absolute atomic E-state index is 4.47. The molecule has 8 heterocycles. The first-order valence-electron chi connectivity index (χ1n) is 48.4. The zero-order chi connectivity index (χ0) is 93.4. The van der Waals surface area contributed by atoms with E-state index < -0.39 is 0 Å². The Bertz CT molecular complexity index is 9610. The monoisotopic (exact) mass is 1870 g/mol. The molecular weight excluding hydrogens is 1790 g/mol. The van der Waals surface area contributed by atoms with Crippen LogP contribution in [0, 0.1) is 0 Å². The summed E-state index contributed by atoms with van der Waals surface area (Å²) in [6, 6.07) is 165. The summed E-state index contributed by atoms with van der Waals surface area (Å²) in [7, 11) is 0. The Kier molecular flexibility index (Phi) is 19.5. The van der Waals surface area contributed by atoms with E-state index in [0.717, 1.165) is 0 Å². The summed E-state index contributed by atoms with van der Waals surface area (Å²) in [5.41, 5.74) is 20.8. The van der Waals surface area contributed by atoms with Gasteiger partial charge in [0, 0.05) is 103 Å². The maximum atomic E-state index is 4.47. The Labute approximate surface area is 822 Å². The van der Waals surface area contributed by atoms with Crippen LogP contribution in [0.15, 0.2) is 505 Å². The van der Waals surface area contributed by atoms with E-state index in [9.17, 15) is 0 Å². The number of aromatic nitrogens is 7. The molecule has 0 aliphatic heterocycles. The second-order valence-corrected chi connectivity index (χ2v) is 39.2. The van der Waals surface area contributed by atoms with Gasteiger partial charge >= 0.3 is 186 Å². The van der Waals surface area contributed by atoms with E-state index in [1.54, 1.807) is 0 Å². The van der Waals surface area contributed by atoms with Crippen LogP contribution in [0.25, 0.3) is 276 Å². The molecule has 8 heteroatoms. The van der Waals surface area contributed by atoms with Crippen LogP contribution in [0.2, 0.25) is 0 Å². The molecule has 0 radical (unpaired) electrons. The molecule has 7 nitrogen and oxygen atoms in total. The van der Waals surface area contributed by atoms with E-state index in [2.05, 4.69) is 489 Å². The molecule has 8 aromatic heterocycles. The molecule has 0 fully saturated rings.